The van der Waals surface area contributed by atoms with E-state index in [0.717, 1.165) is 11.1 Å². The summed E-state index contributed by atoms with van der Waals surface area (Å²) in [7, 11) is 6.44. The number of aliphatic hydroxyl groups is 3. The molecule has 2 fully saturated rings. The fourth-order valence-corrected chi connectivity index (χ4v) is 7.62. The molecule has 4 aliphatic heterocycles. The summed E-state index contributed by atoms with van der Waals surface area (Å²) in [6, 6.07) is 10.7. The van der Waals surface area contributed by atoms with E-state index in [2.05, 4.69) is 16.0 Å². The Morgan fingerprint density at radius 2 is 1.90 bits per heavy atom. The molecule has 3 aromatic rings. The van der Waals surface area contributed by atoms with Crippen LogP contribution in [0.3, 0.4) is 0 Å². The quantitative estimate of drug-likeness (QED) is 0.155. The molecular weight excluding hydrogens is 642 g/mol. The zero-order chi connectivity index (χ0) is 34.8. The molecule has 0 aromatic heterocycles. The van der Waals surface area contributed by atoms with E-state index in [1.54, 1.807) is 44.6 Å². The molecule has 3 aromatic carbocycles. The SMILES string of the molecule is CNCc1cc(OC)c(OC)c2c1[C@H]1COc3cc(O[C@H]4O[C@@]5(C(=O)O)[C@@H](NC)CN[C@](O)([C@H]4O)[C@@H]5O)cc(-c4cccc(O)c4)c3[C@@H]1O2. The monoisotopic (exact) mass is 681 g/mol. The minimum atomic E-state index is -2.48. The van der Waals surface area contributed by atoms with Crippen LogP contribution in [0.5, 0.6) is 34.5 Å². The number of phenolic OH excluding ortho intramolecular Hbond substituents is 1. The third-order valence-electron chi connectivity index (χ3n) is 9.96. The number of ether oxygens (including phenoxy) is 6. The maximum Gasteiger partial charge on any atom is 0.340 e. The van der Waals surface area contributed by atoms with Crippen LogP contribution < -0.4 is 39.6 Å². The number of nitrogens with one attached hydrogen (secondary N) is 3. The van der Waals surface area contributed by atoms with Gasteiger partial charge in [-0.05, 0) is 55.1 Å². The van der Waals surface area contributed by atoms with Gasteiger partial charge in [-0.2, -0.15) is 0 Å². The van der Waals surface area contributed by atoms with Crippen molar-refractivity contribution in [1.29, 1.82) is 0 Å². The van der Waals surface area contributed by atoms with Crippen molar-refractivity contribution in [2.75, 3.05) is 41.5 Å². The van der Waals surface area contributed by atoms with Crippen molar-refractivity contribution < 1.29 is 58.7 Å². The Labute approximate surface area is 281 Å². The average molecular weight is 682 g/mol. The lowest BCUT2D eigenvalue weighted by Crippen LogP contribution is -2.87. The van der Waals surface area contributed by atoms with E-state index in [9.17, 15) is 30.3 Å². The van der Waals surface area contributed by atoms with Crippen LogP contribution in [-0.4, -0.2) is 109 Å². The van der Waals surface area contributed by atoms with Gasteiger partial charge in [-0.15, -0.1) is 0 Å². The van der Waals surface area contributed by atoms with Crippen molar-refractivity contribution in [3.63, 3.8) is 0 Å². The van der Waals surface area contributed by atoms with Crippen LogP contribution in [0.1, 0.15) is 28.7 Å². The second kappa shape index (κ2) is 12.2. The lowest BCUT2D eigenvalue weighted by molar-refractivity contribution is -0.362. The molecule has 7 rings (SSSR count). The molecule has 2 saturated heterocycles. The summed E-state index contributed by atoms with van der Waals surface area (Å²) < 4.78 is 36.5. The first-order valence-electron chi connectivity index (χ1n) is 15.8. The molecule has 0 radical (unpaired) electrons. The minimum absolute atomic E-state index is 0.00633. The van der Waals surface area contributed by atoms with Crippen LogP contribution >= 0.6 is 0 Å². The summed E-state index contributed by atoms with van der Waals surface area (Å²) in [5.74, 6) is 0.145. The number of phenols is 1. The second-order valence-electron chi connectivity index (χ2n) is 12.5. The Balaban J connectivity index is 1.33. The third kappa shape index (κ3) is 4.87. The number of aliphatic hydroxyl groups excluding tert-OH is 2. The van der Waals surface area contributed by atoms with Gasteiger partial charge >= 0.3 is 5.97 Å². The summed E-state index contributed by atoms with van der Waals surface area (Å²) >= 11 is 0. The van der Waals surface area contributed by atoms with Crippen molar-refractivity contribution in [1.82, 2.24) is 16.0 Å². The summed E-state index contributed by atoms with van der Waals surface area (Å²) in [6.07, 6.45) is -6.30. The third-order valence-corrected chi connectivity index (χ3v) is 9.96. The van der Waals surface area contributed by atoms with Gasteiger partial charge < -0.3 is 64.6 Å². The standard InChI is InChI=1S/C34H39N3O12/c1-35-12-16-9-22(44-3)27(45-4)28-24(16)20-14-46-21-11-18(10-19(25(21)26(20)48-28)15-6-5-7-17(38)8-15)47-30-29(39)34(43)31(40)33(49-30,32(41)42)23(36-2)13-37-34/h5-11,20,23,26,29-31,35-40,43H,12-14H2,1-4H3,(H,41,42)/t20-,23+,26-,29+,30+,31-,33+,34+/m1/s1. The zero-order valence-electron chi connectivity index (χ0n) is 27.2. The maximum atomic E-state index is 12.6. The Bertz CT molecular complexity index is 1790. The molecule has 0 spiro atoms. The first-order chi connectivity index (χ1) is 23.5. The molecule has 0 saturated carbocycles. The van der Waals surface area contributed by atoms with Gasteiger partial charge in [-0.1, -0.05) is 12.1 Å². The highest BCUT2D eigenvalue weighted by Crippen LogP contribution is 2.59. The van der Waals surface area contributed by atoms with Gasteiger partial charge in [0.15, 0.2) is 23.3 Å². The number of hydrogen-bond donors (Lipinski definition) is 8. The van der Waals surface area contributed by atoms with Crippen LogP contribution in [-0.2, 0) is 16.1 Å². The highest BCUT2D eigenvalue weighted by molar-refractivity contribution is 5.81. The van der Waals surface area contributed by atoms with Gasteiger partial charge in [0.25, 0.3) is 0 Å². The van der Waals surface area contributed by atoms with Crippen LogP contribution in [0.25, 0.3) is 11.1 Å². The summed E-state index contributed by atoms with van der Waals surface area (Å²) in [6.45, 7) is 0.608. The number of carboxylic acids is 1. The van der Waals surface area contributed by atoms with Gasteiger partial charge in [0.1, 0.15) is 29.5 Å². The second-order valence-corrected chi connectivity index (χ2v) is 12.5. The van der Waals surface area contributed by atoms with E-state index in [4.69, 9.17) is 28.4 Å². The average Bonchev–Trinajstić information content (AvgIpc) is 3.48. The molecule has 49 heavy (non-hydrogen) atoms. The first kappa shape index (κ1) is 33.2. The van der Waals surface area contributed by atoms with Crippen LogP contribution in [0.2, 0.25) is 0 Å². The van der Waals surface area contributed by atoms with Gasteiger partial charge in [-0.25, -0.2) is 4.79 Å². The van der Waals surface area contributed by atoms with E-state index in [-0.39, 0.29) is 30.6 Å². The molecule has 0 aliphatic carbocycles. The molecule has 2 bridgehead atoms. The number of benzene rings is 3. The molecule has 4 aliphatic rings. The largest absolute Gasteiger partial charge is 0.508 e. The van der Waals surface area contributed by atoms with Gasteiger partial charge in [0.05, 0.1) is 32.8 Å². The summed E-state index contributed by atoms with van der Waals surface area (Å²) in [5.41, 5.74) is -1.21. The molecule has 8 atom stereocenters. The van der Waals surface area contributed by atoms with E-state index < -0.39 is 47.9 Å². The summed E-state index contributed by atoms with van der Waals surface area (Å²) in [4.78, 5) is 12.6. The number of carbonyl (C=O) groups is 1. The Hall–Kier alpha value is -4.35. The minimum Gasteiger partial charge on any atom is -0.508 e. The molecule has 8 N–H and O–H groups in total. The Morgan fingerprint density at radius 3 is 2.57 bits per heavy atom. The first-order valence-corrected chi connectivity index (χ1v) is 15.8. The molecule has 4 heterocycles. The van der Waals surface area contributed by atoms with E-state index >= 15 is 0 Å². The van der Waals surface area contributed by atoms with Crippen molar-refractivity contribution in [3.05, 3.63) is 59.2 Å². The number of aromatic hydroxyl groups is 1. The lowest BCUT2D eigenvalue weighted by Gasteiger charge is -2.58. The molecule has 15 nitrogen and oxygen atoms in total. The normalized spacial score (nSPS) is 31.0. The number of carboxylic acid groups (broad SMARTS) is 1. The van der Waals surface area contributed by atoms with Crippen molar-refractivity contribution in [2.45, 2.75) is 54.4 Å². The number of rotatable bonds is 9. The maximum absolute atomic E-state index is 12.6. The highest BCUT2D eigenvalue weighted by Gasteiger charge is 2.71. The number of likely N-dealkylation sites (N-methyl/N-ethyl adjacent to an activating group) is 1. The van der Waals surface area contributed by atoms with Gasteiger partial charge in [0.2, 0.25) is 17.6 Å². The van der Waals surface area contributed by atoms with E-state index in [0.29, 0.717) is 46.2 Å². The predicted molar refractivity (Wildman–Crippen MR) is 171 cm³/mol. The fourth-order valence-electron chi connectivity index (χ4n) is 7.62. The van der Waals surface area contributed by atoms with Crippen molar-refractivity contribution >= 4 is 5.97 Å². The number of hydrogen-bond acceptors (Lipinski definition) is 14. The fraction of sp³-hybridized carbons (Fsp3) is 0.441. The Morgan fingerprint density at radius 1 is 1.10 bits per heavy atom. The number of piperidine rings is 1. The molecule has 0 amide bonds. The van der Waals surface area contributed by atoms with Crippen molar-refractivity contribution in [3.8, 4) is 45.6 Å². The van der Waals surface area contributed by atoms with E-state index in [1.807, 2.05) is 13.1 Å². The van der Waals surface area contributed by atoms with E-state index in [1.165, 1.54) is 13.1 Å². The highest BCUT2D eigenvalue weighted by atomic mass is 16.7. The Kier molecular flexibility index (Phi) is 8.26. The van der Waals surface area contributed by atoms with Crippen LogP contribution in [0.15, 0.2) is 42.5 Å². The predicted octanol–water partition coefficient (Wildman–Crippen LogP) is 0.566. The molecule has 15 heteroatoms. The van der Waals surface area contributed by atoms with Crippen LogP contribution in [0.4, 0.5) is 0 Å². The van der Waals surface area contributed by atoms with Crippen molar-refractivity contribution in [2.24, 2.45) is 0 Å². The number of aliphatic carboxylic acids is 1. The lowest BCUT2D eigenvalue weighted by atomic mass is 9.74. The molecule has 262 valence electrons. The van der Waals surface area contributed by atoms with Gasteiger partial charge in [-0.3, -0.25) is 5.32 Å². The summed E-state index contributed by atoms with van der Waals surface area (Å²) in [5, 5.41) is 63.0. The number of methoxy groups -OCH3 is 2. The molecule has 0 unspecified atom stereocenters. The van der Waals surface area contributed by atoms with Gasteiger partial charge in [0, 0.05) is 30.3 Å². The number of fused-ring (bicyclic) bond motifs is 7. The zero-order valence-corrected chi connectivity index (χ0v) is 27.2. The topological polar surface area (TPSA) is 210 Å². The molecular formula is C34H39N3O12. The smallest absolute Gasteiger partial charge is 0.340 e. The van der Waals surface area contributed by atoms with Crippen LogP contribution in [0, 0.1) is 0 Å².